The second-order valence-electron chi connectivity index (χ2n) is 10.7. The quantitative estimate of drug-likeness (QED) is 0.443. The highest BCUT2D eigenvalue weighted by Crippen LogP contribution is 2.33. The molecule has 0 spiro atoms. The van der Waals surface area contributed by atoms with Gasteiger partial charge in [-0.05, 0) is 85.2 Å². The standard InChI is InChI=1S/C28H35N3O/c1-18-14-19(2)30(27(3,4)5)24(18)16-22-26(32-9)17-21(29-22)25-15-20-12-10-11-13-23(20)31(25)28(6,7)8/h10-17H,1-9H3/b22-16-. The van der Waals surface area contributed by atoms with Crippen LogP contribution in [0.3, 0.4) is 0 Å². The molecule has 4 heteroatoms. The smallest absolute Gasteiger partial charge is 0.146 e. The van der Waals surface area contributed by atoms with Crippen molar-refractivity contribution in [2.45, 2.75) is 66.5 Å². The van der Waals surface area contributed by atoms with Crippen LogP contribution in [0.4, 0.5) is 0 Å². The van der Waals surface area contributed by atoms with Crippen molar-refractivity contribution in [1.29, 1.82) is 0 Å². The van der Waals surface area contributed by atoms with Gasteiger partial charge in [0, 0.05) is 39.4 Å². The second-order valence-corrected chi connectivity index (χ2v) is 10.7. The Labute approximate surface area is 191 Å². The van der Waals surface area contributed by atoms with E-state index in [4.69, 9.17) is 9.73 Å². The third-order valence-corrected chi connectivity index (χ3v) is 5.99. The van der Waals surface area contributed by atoms with Gasteiger partial charge in [0.25, 0.3) is 0 Å². The van der Waals surface area contributed by atoms with Crippen molar-refractivity contribution in [3.8, 4) is 0 Å². The van der Waals surface area contributed by atoms with Gasteiger partial charge in [-0.15, -0.1) is 0 Å². The number of para-hydroxylation sites is 1. The molecule has 0 radical (unpaired) electrons. The van der Waals surface area contributed by atoms with Crippen molar-refractivity contribution in [1.82, 2.24) is 9.13 Å². The molecular formula is C28H35N3O. The molecule has 0 N–H and O–H groups in total. The number of hydrogen-bond acceptors (Lipinski definition) is 2. The van der Waals surface area contributed by atoms with E-state index < -0.39 is 0 Å². The molecular weight excluding hydrogens is 394 g/mol. The molecule has 3 aromatic rings. The van der Waals surface area contributed by atoms with Gasteiger partial charge in [0.1, 0.15) is 11.5 Å². The van der Waals surface area contributed by atoms with Gasteiger partial charge in [0.05, 0.1) is 18.5 Å². The molecule has 0 saturated heterocycles. The van der Waals surface area contributed by atoms with Crippen molar-refractivity contribution in [2.75, 3.05) is 7.11 Å². The number of ether oxygens (including phenoxy) is 1. The van der Waals surface area contributed by atoms with Crippen LogP contribution in [0.1, 0.15) is 64.2 Å². The summed E-state index contributed by atoms with van der Waals surface area (Å²) in [5, 5.41) is 1.22. The molecule has 4 rings (SSSR count). The molecule has 3 heterocycles. The maximum absolute atomic E-state index is 5.78. The van der Waals surface area contributed by atoms with Crippen LogP contribution in [0.25, 0.3) is 17.0 Å². The van der Waals surface area contributed by atoms with Gasteiger partial charge in [0.15, 0.2) is 0 Å². The number of aliphatic imine (C=N–C) groups is 1. The number of rotatable bonds is 3. The lowest BCUT2D eigenvalue weighted by Gasteiger charge is -2.26. The number of aromatic nitrogens is 2. The fourth-order valence-corrected chi connectivity index (χ4v) is 4.90. The van der Waals surface area contributed by atoms with Crippen LogP contribution >= 0.6 is 0 Å². The zero-order valence-electron chi connectivity index (χ0n) is 20.9. The number of hydrogen-bond donors (Lipinski definition) is 0. The van der Waals surface area contributed by atoms with Crippen LogP contribution in [0.5, 0.6) is 0 Å². The van der Waals surface area contributed by atoms with Crippen molar-refractivity contribution < 1.29 is 4.74 Å². The molecule has 0 bridgehead atoms. The maximum Gasteiger partial charge on any atom is 0.146 e. The van der Waals surface area contributed by atoms with Crippen molar-refractivity contribution >= 4 is 22.7 Å². The number of methoxy groups -OCH3 is 1. The molecule has 0 unspecified atom stereocenters. The molecule has 4 nitrogen and oxygen atoms in total. The molecule has 0 atom stereocenters. The van der Waals surface area contributed by atoms with Gasteiger partial charge >= 0.3 is 0 Å². The molecule has 1 aliphatic rings. The predicted octanol–water partition coefficient (Wildman–Crippen LogP) is 6.94. The molecule has 0 amide bonds. The minimum Gasteiger partial charge on any atom is -0.494 e. The van der Waals surface area contributed by atoms with Gasteiger partial charge in [-0.25, -0.2) is 4.99 Å². The van der Waals surface area contributed by atoms with E-state index in [0.29, 0.717) is 0 Å². The monoisotopic (exact) mass is 429 g/mol. The largest absolute Gasteiger partial charge is 0.494 e. The molecule has 1 aromatic carbocycles. The summed E-state index contributed by atoms with van der Waals surface area (Å²) in [6, 6.07) is 13.0. The molecule has 0 fully saturated rings. The Hall–Kier alpha value is -3.01. The Kier molecular flexibility index (Phi) is 5.23. The molecule has 2 aromatic heterocycles. The van der Waals surface area contributed by atoms with E-state index in [1.807, 2.05) is 0 Å². The maximum atomic E-state index is 5.78. The van der Waals surface area contributed by atoms with E-state index in [1.54, 1.807) is 7.11 Å². The normalized spacial score (nSPS) is 16.1. The lowest BCUT2D eigenvalue weighted by molar-refractivity contribution is 0.302. The average molecular weight is 430 g/mol. The molecule has 1 aliphatic heterocycles. The second kappa shape index (κ2) is 7.54. The highest BCUT2D eigenvalue weighted by atomic mass is 16.5. The zero-order valence-corrected chi connectivity index (χ0v) is 20.9. The first-order chi connectivity index (χ1) is 14.9. The summed E-state index contributed by atoms with van der Waals surface area (Å²) in [6.07, 6.45) is 4.23. The van der Waals surface area contributed by atoms with Crippen molar-refractivity contribution in [3.63, 3.8) is 0 Å². The highest BCUT2D eigenvalue weighted by molar-refractivity contribution is 6.13. The van der Waals surface area contributed by atoms with Crippen LogP contribution in [-0.4, -0.2) is 22.0 Å². The molecule has 0 aliphatic carbocycles. The summed E-state index contributed by atoms with van der Waals surface area (Å²) in [5.41, 5.74) is 7.69. The van der Waals surface area contributed by atoms with Crippen LogP contribution < -0.4 is 0 Å². The van der Waals surface area contributed by atoms with Crippen LogP contribution in [0.2, 0.25) is 0 Å². The highest BCUT2D eigenvalue weighted by Gasteiger charge is 2.26. The first-order valence-corrected chi connectivity index (χ1v) is 11.3. The Morgan fingerprint density at radius 1 is 0.906 bits per heavy atom. The van der Waals surface area contributed by atoms with E-state index in [9.17, 15) is 0 Å². The van der Waals surface area contributed by atoms with Crippen LogP contribution in [0, 0.1) is 13.8 Å². The lowest BCUT2D eigenvalue weighted by atomic mass is 10.1. The summed E-state index contributed by atoms with van der Waals surface area (Å²) in [5.74, 6) is 0.796. The van der Waals surface area contributed by atoms with E-state index in [-0.39, 0.29) is 11.1 Å². The van der Waals surface area contributed by atoms with Crippen LogP contribution in [0.15, 0.2) is 58.9 Å². The van der Waals surface area contributed by atoms with Gasteiger partial charge in [-0.3, -0.25) is 0 Å². The fourth-order valence-electron chi connectivity index (χ4n) is 4.90. The van der Waals surface area contributed by atoms with E-state index >= 15 is 0 Å². The summed E-state index contributed by atoms with van der Waals surface area (Å²) >= 11 is 0. The van der Waals surface area contributed by atoms with Crippen LogP contribution in [-0.2, 0) is 15.8 Å². The van der Waals surface area contributed by atoms with Crippen molar-refractivity contribution in [2.24, 2.45) is 4.99 Å². The van der Waals surface area contributed by atoms with E-state index in [1.165, 1.54) is 27.9 Å². The SMILES string of the molecule is COC1=CC(c2cc3ccccc3n2C(C)(C)C)=N/C1=C\c1c(C)cc(C)n1C(C)(C)C. The Morgan fingerprint density at radius 3 is 2.19 bits per heavy atom. The summed E-state index contributed by atoms with van der Waals surface area (Å²) in [7, 11) is 1.72. The minimum absolute atomic E-state index is 0.0223. The third-order valence-electron chi connectivity index (χ3n) is 5.99. The topological polar surface area (TPSA) is 31.4 Å². The number of aryl methyl sites for hydroxylation is 2. The van der Waals surface area contributed by atoms with Crippen molar-refractivity contribution in [3.05, 3.63) is 76.6 Å². The summed E-state index contributed by atoms with van der Waals surface area (Å²) < 4.78 is 10.5. The van der Waals surface area contributed by atoms with Gasteiger partial charge < -0.3 is 13.9 Å². The first kappa shape index (κ1) is 22.2. The first-order valence-electron chi connectivity index (χ1n) is 11.3. The molecule has 0 saturated carbocycles. The molecule has 168 valence electrons. The lowest BCUT2D eigenvalue weighted by Crippen LogP contribution is -2.25. The number of fused-ring (bicyclic) bond motifs is 1. The number of benzene rings is 1. The minimum atomic E-state index is -0.0802. The third kappa shape index (κ3) is 3.72. The zero-order chi connectivity index (χ0) is 23.4. The van der Waals surface area contributed by atoms with E-state index in [0.717, 1.165) is 22.9 Å². The Morgan fingerprint density at radius 2 is 1.56 bits per heavy atom. The fraction of sp³-hybridized carbons (Fsp3) is 0.393. The molecule has 32 heavy (non-hydrogen) atoms. The van der Waals surface area contributed by atoms with Gasteiger partial charge in [0.2, 0.25) is 0 Å². The number of allylic oxidation sites excluding steroid dienone is 1. The Balaban J connectivity index is 1.91. The van der Waals surface area contributed by atoms with Gasteiger partial charge in [-0.1, -0.05) is 18.2 Å². The summed E-state index contributed by atoms with van der Waals surface area (Å²) in [6.45, 7) is 17.7. The van der Waals surface area contributed by atoms with E-state index in [2.05, 4.69) is 113 Å². The predicted molar refractivity (Wildman–Crippen MR) is 135 cm³/mol. The average Bonchev–Trinajstić information content (AvgIpc) is 3.34. The summed E-state index contributed by atoms with van der Waals surface area (Å²) in [4.78, 5) is 5.07. The van der Waals surface area contributed by atoms with Gasteiger partial charge in [-0.2, -0.15) is 0 Å². The number of nitrogens with zero attached hydrogens (tertiary/aromatic N) is 3. The Bertz CT molecular complexity index is 1280.